The number of ether oxygens (including phenoxy) is 1. The number of morpholine rings is 1. The van der Waals surface area contributed by atoms with Gasteiger partial charge in [0, 0.05) is 13.1 Å². The summed E-state index contributed by atoms with van der Waals surface area (Å²) in [5.41, 5.74) is 0.263. The maximum Gasteiger partial charge on any atom is 0.258 e. The summed E-state index contributed by atoms with van der Waals surface area (Å²) in [7, 11) is 0. The first kappa shape index (κ1) is 12.6. The van der Waals surface area contributed by atoms with Crippen LogP contribution in [0.1, 0.15) is 31.1 Å². The van der Waals surface area contributed by atoms with E-state index in [4.69, 9.17) is 9.15 Å². The summed E-state index contributed by atoms with van der Waals surface area (Å²) in [5.74, 6) is -0.0196. The van der Waals surface area contributed by atoms with Crippen molar-refractivity contribution in [3.8, 4) is 0 Å². The lowest BCUT2D eigenvalue weighted by Gasteiger charge is -2.41. The Labute approximate surface area is 109 Å². The van der Waals surface area contributed by atoms with Crippen LogP contribution in [0.3, 0.4) is 0 Å². The minimum atomic E-state index is -0.302. The molecule has 1 fully saturated rings. The average Bonchev–Trinajstić information content (AvgIpc) is 2.60. The van der Waals surface area contributed by atoms with Gasteiger partial charge in [0.25, 0.3) is 5.91 Å². The number of hydrogen-bond donors (Lipinski definition) is 0. The fraction of sp³-hybridized carbons (Fsp3) is 0.583. The van der Waals surface area contributed by atoms with Gasteiger partial charge >= 0.3 is 0 Å². The zero-order valence-corrected chi connectivity index (χ0v) is 11.8. The molecule has 1 aromatic rings. The van der Waals surface area contributed by atoms with Gasteiger partial charge in [-0.05, 0) is 42.8 Å². The van der Waals surface area contributed by atoms with Crippen LogP contribution in [0.5, 0.6) is 0 Å². The van der Waals surface area contributed by atoms with E-state index in [0.29, 0.717) is 23.3 Å². The maximum absolute atomic E-state index is 12.3. The van der Waals surface area contributed by atoms with E-state index in [1.165, 1.54) is 6.26 Å². The van der Waals surface area contributed by atoms with Crippen LogP contribution in [0.15, 0.2) is 21.4 Å². The molecule has 1 unspecified atom stereocenters. The smallest absolute Gasteiger partial charge is 0.258 e. The Bertz CT molecular complexity index is 427. The Morgan fingerprint density at radius 2 is 2.29 bits per heavy atom. The third-order valence-electron chi connectivity index (χ3n) is 2.70. The van der Waals surface area contributed by atoms with Gasteiger partial charge in [0.2, 0.25) is 0 Å². The number of amides is 1. The topological polar surface area (TPSA) is 42.7 Å². The van der Waals surface area contributed by atoms with Crippen molar-refractivity contribution in [2.45, 2.75) is 32.5 Å². The number of hydrogen-bond acceptors (Lipinski definition) is 3. The fourth-order valence-corrected chi connectivity index (χ4v) is 2.63. The first-order valence-electron chi connectivity index (χ1n) is 5.59. The Balaban J connectivity index is 2.18. The van der Waals surface area contributed by atoms with E-state index < -0.39 is 0 Å². The van der Waals surface area contributed by atoms with Crippen molar-refractivity contribution in [3.05, 3.63) is 22.6 Å². The first-order valence-corrected chi connectivity index (χ1v) is 6.38. The Morgan fingerprint density at radius 3 is 2.82 bits per heavy atom. The van der Waals surface area contributed by atoms with Gasteiger partial charge in [-0.15, -0.1) is 0 Å². The molecule has 1 saturated heterocycles. The molecule has 1 atom stereocenters. The first-order chi connectivity index (χ1) is 7.89. The van der Waals surface area contributed by atoms with E-state index in [9.17, 15) is 4.79 Å². The minimum absolute atomic E-state index is 0.0196. The Kier molecular flexibility index (Phi) is 3.32. The van der Waals surface area contributed by atoms with Crippen molar-refractivity contribution < 1.29 is 13.9 Å². The molecule has 0 aromatic carbocycles. The van der Waals surface area contributed by atoms with Crippen molar-refractivity contribution in [3.63, 3.8) is 0 Å². The van der Waals surface area contributed by atoms with Gasteiger partial charge in [-0.3, -0.25) is 4.79 Å². The number of rotatable bonds is 1. The Morgan fingerprint density at radius 1 is 1.59 bits per heavy atom. The quantitative estimate of drug-likeness (QED) is 0.801. The molecule has 1 aliphatic heterocycles. The summed E-state index contributed by atoms with van der Waals surface area (Å²) in [4.78, 5) is 14.1. The molecule has 0 saturated carbocycles. The van der Waals surface area contributed by atoms with E-state index in [-0.39, 0.29) is 17.6 Å². The summed E-state index contributed by atoms with van der Waals surface area (Å²) in [6.07, 6.45) is 1.56. The summed E-state index contributed by atoms with van der Waals surface area (Å²) in [6.45, 7) is 7.17. The number of halogens is 1. The lowest BCUT2D eigenvalue weighted by Crippen LogP contribution is -2.53. The van der Waals surface area contributed by atoms with Crippen molar-refractivity contribution in [2.24, 2.45) is 0 Å². The molecule has 4 nitrogen and oxygen atoms in total. The third-order valence-corrected chi connectivity index (χ3v) is 3.32. The van der Waals surface area contributed by atoms with Crippen LogP contribution in [-0.4, -0.2) is 35.6 Å². The lowest BCUT2D eigenvalue weighted by molar-refractivity contribution is -0.118. The number of nitrogens with zero attached hydrogens (tertiary/aromatic N) is 1. The molecule has 5 heteroatoms. The van der Waals surface area contributed by atoms with Crippen LogP contribution in [0.4, 0.5) is 0 Å². The molecule has 17 heavy (non-hydrogen) atoms. The van der Waals surface area contributed by atoms with Crippen LogP contribution in [0, 0.1) is 0 Å². The summed E-state index contributed by atoms with van der Waals surface area (Å²) < 4.78 is 11.4. The van der Waals surface area contributed by atoms with E-state index in [1.807, 2.05) is 25.7 Å². The minimum Gasteiger partial charge on any atom is -0.457 e. The molecule has 2 heterocycles. The maximum atomic E-state index is 12.3. The predicted octanol–water partition coefficient (Wildman–Crippen LogP) is 2.68. The van der Waals surface area contributed by atoms with E-state index in [0.717, 1.165) is 0 Å². The number of furan rings is 1. The van der Waals surface area contributed by atoms with Gasteiger partial charge < -0.3 is 14.1 Å². The summed E-state index contributed by atoms with van der Waals surface area (Å²) >= 11 is 3.23. The molecule has 1 aromatic heterocycles. The molecule has 2 rings (SSSR count). The highest BCUT2D eigenvalue weighted by Gasteiger charge is 2.34. The van der Waals surface area contributed by atoms with Gasteiger partial charge in [0.05, 0.1) is 23.5 Å². The standard InChI is InChI=1S/C12H16BrNO3/c1-8-6-14(7-12(2,3)17-8)11(15)9-4-5-16-10(9)13/h4-5,8H,6-7H2,1-3H3. The van der Waals surface area contributed by atoms with E-state index >= 15 is 0 Å². The molecule has 1 aliphatic rings. The van der Waals surface area contributed by atoms with Crippen molar-refractivity contribution >= 4 is 21.8 Å². The molecule has 0 bridgehead atoms. The molecule has 1 amide bonds. The SMILES string of the molecule is CC1CN(C(=O)c2ccoc2Br)CC(C)(C)O1. The normalized spacial score (nSPS) is 23.8. The lowest BCUT2D eigenvalue weighted by atomic mass is 10.0. The summed E-state index contributed by atoms with van der Waals surface area (Å²) in [6, 6.07) is 1.68. The third kappa shape index (κ3) is 2.72. The zero-order valence-electron chi connectivity index (χ0n) is 10.2. The highest BCUT2D eigenvalue weighted by molar-refractivity contribution is 9.10. The van der Waals surface area contributed by atoms with Crippen LogP contribution in [0.2, 0.25) is 0 Å². The van der Waals surface area contributed by atoms with Gasteiger partial charge in [-0.2, -0.15) is 0 Å². The highest BCUT2D eigenvalue weighted by Crippen LogP contribution is 2.25. The molecular weight excluding hydrogens is 286 g/mol. The van der Waals surface area contributed by atoms with Gasteiger partial charge in [0.1, 0.15) is 0 Å². The number of carbonyl (C=O) groups is 1. The molecule has 0 aliphatic carbocycles. The predicted molar refractivity (Wildman–Crippen MR) is 66.9 cm³/mol. The molecule has 0 spiro atoms. The van der Waals surface area contributed by atoms with Crippen LogP contribution < -0.4 is 0 Å². The second-order valence-electron chi connectivity index (χ2n) is 4.98. The van der Waals surface area contributed by atoms with Crippen LogP contribution in [0.25, 0.3) is 0 Å². The van der Waals surface area contributed by atoms with E-state index in [2.05, 4.69) is 15.9 Å². The summed E-state index contributed by atoms with van der Waals surface area (Å²) in [5, 5.41) is 0. The molecule has 0 radical (unpaired) electrons. The second kappa shape index (κ2) is 4.46. The van der Waals surface area contributed by atoms with Gasteiger partial charge in [-0.25, -0.2) is 0 Å². The van der Waals surface area contributed by atoms with Crippen molar-refractivity contribution in [1.82, 2.24) is 4.90 Å². The molecule has 0 N–H and O–H groups in total. The van der Waals surface area contributed by atoms with Gasteiger partial charge in [-0.1, -0.05) is 0 Å². The van der Waals surface area contributed by atoms with Crippen LogP contribution in [-0.2, 0) is 4.74 Å². The largest absolute Gasteiger partial charge is 0.457 e. The zero-order chi connectivity index (χ0) is 12.6. The Hall–Kier alpha value is -0.810. The van der Waals surface area contributed by atoms with E-state index in [1.54, 1.807) is 6.07 Å². The number of carbonyl (C=O) groups excluding carboxylic acids is 1. The molecular formula is C12H16BrNO3. The van der Waals surface area contributed by atoms with Crippen molar-refractivity contribution in [1.29, 1.82) is 0 Å². The van der Waals surface area contributed by atoms with Crippen molar-refractivity contribution in [2.75, 3.05) is 13.1 Å². The highest BCUT2D eigenvalue weighted by atomic mass is 79.9. The van der Waals surface area contributed by atoms with Crippen LogP contribution >= 0.6 is 15.9 Å². The fourth-order valence-electron chi connectivity index (χ4n) is 2.22. The average molecular weight is 302 g/mol. The molecule has 94 valence electrons. The monoisotopic (exact) mass is 301 g/mol. The van der Waals surface area contributed by atoms with Gasteiger partial charge in [0.15, 0.2) is 4.67 Å². The second-order valence-corrected chi connectivity index (χ2v) is 5.70.